The molecular formula is C14H15ClN4O. The topological polar surface area (TPSA) is 72.4 Å². The minimum Gasteiger partial charge on any atom is -0.350 e. The third-order valence-electron chi connectivity index (χ3n) is 2.92. The molecule has 3 N–H and O–H groups in total. The van der Waals surface area contributed by atoms with E-state index in [1.165, 1.54) is 0 Å². The molecule has 104 valence electrons. The van der Waals surface area contributed by atoms with Crippen LogP contribution in [-0.4, -0.2) is 16.8 Å². The van der Waals surface area contributed by atoms with Crippen LogP contribution in [0.4, 0.5) is 4.79 Å². The molecule has 2 amide bonds. The van der Waals surface area contributed by atoms with Crippen molar-refractivity contribution in [1.82, 2.24) is 9.99 Å². The number of hydrogen-bond acceptors (Lipinski definition) is 2. The average molecular weight is 291 g/mol. The number of carbonyl (C=O) groups is 1. The van der Waals surface area contributed by atoms with Gasteiger partial charge in [-0.25, -0.2) is 10.2 Å². The van der Waals surface area contributed by atoms with E-state index in [4.69, 9.17) is 17.3 Å². The van der Waals surface area contributed by atoms with E-state index in [0.29, 0.717) is 5.02 Å². The van der Waals surface area contributed by atoms with Crippen LogP contribution in [0, 0.1) is 13.8 Å². The summed E-state index contributed by atoms with van der Waals surface area (Å²) in [5.41, 5.74) is 11.1. The molecule has 0 aliphatic carbocycles. The van der Waals surface area contributed by atoms with Gasteiger partial charge in [0.2, 0.25) is 0 Å². The van der Waals surface area contributed by atoms with Crippen LogP contribution in [0.1, 0.15) is 17.0 Å². The summed E-state index contributed by atoms with van der Waals surface area (Å²) >= 11 is 6.02. The van der Waals surface area contributed by atoms with Gasteiger partial charge in [-0.1, -0.05) is 17.7 Å². The average Bonchev–Trinajstić information content (AvgIpc) is 2.64. The minimum absolute atomic E-state index is 0.681. The van der Waals surface area contributed by atoms with Crippen molar-refractivity contribution in [2.75, 3.05) is 0 Å². The van der Waals surface area contributed by atoms with Gasteiger partial charge >= 0.3 is 6.03 Å². The fourth-order valence-corrected chi connectivity index (χ4v) is 2.28. The van der Waals surface area contributed by atoms with E-state index in [1.54, 1.807) is 6.21 Å². The highest BCUT2D eigenvalue weighted by Crippen LogP contribution is 2.22. The number of urea groups is 1. The maximum absolute atomic E-state index is 10.6. The number of amides is 2. The van der Waals surface area contributed by atoms with E-state index < -0.39 is 6.03 Å². The second-order valence-corrected chi connectivity index (χ2v) is 4.81. The summed E-state index contributed by atoms with van der Waals surface area (Å²) in [6.07, 6.45) is 1.56. The SMILES string of the molecule is Cc1cc(C=NNC(N)=O)c(C)n1-c1cccc(Cl)c1. The monoisotopic (exact) mass is 290 g/mol. The number of hydrazone groups is 1. The zero-order chi connectivity index (χ0) is 14.7. The Kier molecular flexibility index (Phi) is 4.10. The number of halogens is 1. The van der Waals surface area contributed by atoms with Crippen molar-refractivity contribution in [2.24, 2.45) is 10.8 Å². The lowest BCUT2D eigenvalue weighted by Gasteiger charge is -2.09. The van der Waals surface area contributed by atoms with Crippen LogP contribution in [0.2, 0.25) is 5.02 Å². The van der Waals surface area contributed by atoms with Gasteiger partial charge in [0, 0.05) is 27.7 Å². The smallest absolute Gasteiger partial charge is 0.332 e. The first-order valence-electron chi connectivity index (χ1n) is 6.02. The molecule has 0 fully saturated rings. The number of rotatable bonds is 3. The molecule has 0 radical (unpaired) electrons. The van der Waals surface area contributed by atoms with Gasteiger partial charge < -0.3 is 10.3 Å². The van der Waals surface area contributed by atoms with E-state index in [1.807, 2.05) is 44.2 Å². The highest BCUT2D eigenvalue weighted by Gasteiger charge is 2.09. The molecule has 2 aromatic rings. The fraction of sp³-hybridized carbons (Fsp3) is 0.143. The van der Waals surface area contributed by atoms with Gasteiger partial charge in [0.15, 0.2) is 0 Å². The molecule has 0 bridgehead atoms. The first kappa shape index (κ1) is 14.1. The first-order valence-corrected chi connectivity index (χ1v) is 6.40. The number of nitrogens with two attached hydrogens (primary N) is 1. The Morgan fingerprint density at radius 1 is 1.40 bits per heavy atom. The predicted octanol–water partition coefficient (Wildman–Crippen LogP) is 2.75. The largest absolute Gasteiger partial charge is 0.350 e. The molecule has 0 atom stereocenters. The number of hydrogen-bond donors (Lipinski definition) is 2. The van der Waals surface area contributed by atoms with Gasteiger partial charge in [0.25, 0.3) is 0 Å². The molecule has 1 aromatic heterocycles. The molecule has 5 nitrogen and oxygen atoms in total. The molecule has 0 saturated carbocycles. The van der Waals surface area contributed by atoms with Crippen LogP contribution in [0.3, 0.4) is 0 Å². The standard InChI is InChI=1S/C14H15ClN4O/c1-9-6-11(8-17-18-14(16)20)10(2)19(9)13-5-3-4-12(15)7-13/h3-8H,1-2H3,(H3,16,18,20). The van der Waals surface area contributed by atoms with E-state index in [9.17, 15) is 4.79 Å². The van der Waals surface area contributed by atoms with Crippen molar-refractivity contribution in [3.8, 4) is 5.69 Å². The Labute approximate surface area is 122 Å². The van der Waals surface area contributed by atoms with Crippen molar-refractivity contribution >= 4 is 23.8 Å². The van der Waals surface area contributed by atoms with Crippen LogP contribution >= 0.6 is 11.6 Å². The lowest BCUT2D eigenvalue weighted by Crippen LogP contribution is -2.24. The first-order chi connectivity index (χ1) is 9.49. The van der Waals surface area contributed by atoms with E-state index in [2.05, 4.69) is 15.1 Å². The molecule has 0 aliphatic rings. The lowest BCUT2D eigenvalue weighted by atomic mass is 10.2. The summed E-state index contributed by atoms with van der Waals surface area (Å²) in [5.74, 6) is 0. The normalized spacial score (nSPS) is 10.9. The predicted molar refractivity (Wildman–Crippen MR) is 80.6 cm³/mol. The van der Waals surface area contributed by atoms with Crippen molar-refractivity contribution in [3.05, 3.63) is 52.3 Å². The molecule has 0 spiro atoms. The summed E-state index contributed by atoms with van der Waals surface area (Å²) in [5, 5.41) is 4.46. The van der Waals surface area contributed by atoms with Crippen molar-refractivity contribution in [3.63, 3.8) is 0 Å². The van der Waals surface area contributed by atoms with Crippen LogP contribution in [0.5, 0.6) is 0 Å². The minimum atomic E-state index is -0.690. The van der Waals surface area contributed by atoms with Crippen LogP contribution in [0.15, 0.2) is 35.4 Å². The maximum atomic E-state index is 10.6. The highest BCUT2D eigenvalue weighted by molar-refractivity contribution is 6.30. The number of aromatic nitrogens is 1. The second-order valence-electron chi connectivity index (χ2n) is 4.38. The van der Waals surface area contributed by atoms with Gasteiger partial charge in [-0.2, -0.15) is 5.10 Å². The molecule has 1 heterocycles. The quantitative estimate of drug-likeness (QED) is 0.662. The second kappa shape index (κ2) is 5.79. The molecule has 0 unspecified atom stereocenters. The molecule has 0 saturated heterocycles. The third kappa shape index (κ3) is 3.00. The Balaban J connectivity index is 2.39. The summed E-state index contributed by atoms with van der Waals surface area (Å²) in [6.45, 7) is 3.96. The number of nitrogens with one attached hydrogen (secondary N) is 1. The third-order valence-corrected chi connectivity index (χ3v) is 3.15. The summed E-state index contributed by atoms with van der Waals surface area (Å²) in [7, 11) is 0. The van der Waals surface area contributed by atoms with E-state index in [-0.39, 0.29) is 0 Å². The van der Waals surface area contributed by atoms with Crippen LogP contribution in [0.25, 0.3) is 5.69 Å². The zero-order valence-electron chi connectivity index (χ0n) is 11.2. The van der Waals surface area contributed by atoms with Gasteiger partial charge in [-0.3, -0.25) is 0 Å². The van der Waals surface area contributed by atoms with Crippen molar-refractivity contribution in [2.45, 2.75) is 13.8 Å². The van der Waals surface area contributed by atoms with Gasteiger partial charge in [0.1, 0.15) is 0 Å². The number of benzene rings is 1. The number of primary amides is 1. The summed E-state index contributed by atoms with van der Waals surface area (Å²) in [4.78, 5) is 10.6. The van der Waals surface area contributed by atoms with Crippen molar-refractivity contribution < 1.29 is 4.79 Å². The number of aryl methyl sites for hydroxylation is 1. The Hall–Kier alpha value is -2.27. The fourth-order valence-electron chi connectivity index (χ4n) is 2.10. The molecule has 20 heavy (non-hydrogen) atoms. The Morgan fingerprint density at radius 2 is 2.15 bits per heavy atom. The van der Waals surface area contributed by atoms with Gasteiger partial charge in [-0.05, 0) is 38.1 Å². The Morgan fingerprint density at radius 3 is 2.80 bits per heavy atom. The lowest BCUT2D eigenvalue weighted by molar-refractivity contribution is 0.249. The maximum Gasteiger partial charge on any atom is 0.332 e. The van der Waals surface area contributed by atoms with Crippen molar-refractivity contribution in [1.29, 1.82) is 0 Å². The highest BCUT2D eigenvalue weighted by atomic mass is 35.5. The van der Waals surface area contributed by atoms with Crippen LogP contribution in [-0.2, 0) is 0 Å². The number of carbonyl (C=O) groups excluding carboxylic acids is 1. The molecule has 1 aromatic carbocycles. The van der Waals surface area contributed by atoms with E-state index in [0.717, 1.165) is 22.6 Å². The van der Waals surface area contributed by atoms with Gasteiger partial charge in [-0.15, -0.1) is 0 Å². The molecular weight excluding hydrogens is 276 g/mol. The summed E-state index contributed by atoms with van der Waals surface area (Å²) in [6, 6.07) is 8.89. The van der Waals surface area contributed by atoms with Gasteiger partial charge in [0.05, 0.1) is 6.21 Å². The Bertz CT molecular complexity index is 676. The zero-order valence-corrected chi connectivity index (χ0v) is 12.0. The summed E-state index contributed by atoms with van der Waals surface area (Å²) < 4.78 is 2.07. The molecule has 6 heteroatoms. The molecule has 0 aliphatic heterocycles. The van der Waals surface area contributed by atoms with E-state index >= 15 is 0 Å². The molecule has 2 rings (SSSR count). The van der Waals surface area contributed by atoms with Crippen LogP contribution < -0.4 is 11.2 Å². The number of nitrogens with zero attached hydrogens (tertiary/aromatic N) is 2.